The zero-order chi connectivity index (χ0) is 27.4. The van der Waals surface area contributed by atoms with Crippen molar-refractivity contribution >= 4 is 56.8 Å². The topological polar surface area (TPSA) is 62.2 Å². The van der Waals surface area contributed by atoms with Gasteiger partial charge in [0, 0.05) is 48.2 Å². The van der Waals surface area contributed by atoms with Gasteiger partial charge in [-0.3, -0.25) is 4.79 Å². The molecule has 0 aliphatic carbocycles. The standard InChI is InChI=1S/C27H18BrCl2F3N2O2S/c28-18-5-1-15(2-6-18)25-22(21-10-7-19(29)12-23(21)30)11-17(24(14-36)35-25)13-34-26(37)16-3-8-20(9-4-16)38-27(31,32)33/h1-12,36H,13-14H2,(H,34,37). The molecule has 2 N–H and O–H groups in total. The Morgan fingerprint density at radius 2 is 1.66 bits per heavy atom. The van der Waals surface area contributed by atoms with Crippen LogP contribution < -0.4 is 5.32 Å². The molecule has 0 saturated carbocycles. The molecular weight excluding hydrogens is 624 g/mol. The fraction of sp³-hybridized carbons (Fsp3) is 0.111. The van der Waals surface area contributed by atoms with Crippen molar-refractivity contribution in [3.8, 4) is 22.4 Å². The molecule has 0 aliphatic heterocycles. The van der Waals surface area contributed by atoms with Crippen molar-refractivity contribution in [1.82, 2.24) is 10.3 Å². The average Bonchev–Trinajstić information content (AvgIpc) is 2.87. The molecule has 0 saturated heterocycles. The lowest BCUT2D eigenvalue weighted by Crippen LogP contribution is -2.23. The highest BCUT2D eigenvalue weighted by Crippen LogP contribution is 2.38. The minimum atomic E-state index is -4.41. The zero-order valence-corrected chi connectivity index (χ0v) is 23.2. The maximum atomic E-state index is 12.7. The summed E-state index contributed by atoms with van der Waals surface area (Å²) in [4.78, 5) is 17.4. The van der Waals surface area contributed by atoms with Crippen molar-refractivity contribution in [1.29, 1.82) is 0 Å². The van der Waals surface area contributed by atoms with Gasteiger partial charge < -0.3 is 10.4 Å². The first-order chi connectivity index (χ1) is 18.0. The fourth-order valence-electron chi connectivity index (χ4n) is 3.71. The number of hydrogen-bond acceptors (Lipinski definition) is 4. The summed E-state index contributed by atoms with van der Waals surface area (Å²) in [7, 11) is 0. The summed E-state index contributed by atoms with van der Waals surface area (Å²) in [6.07, 6.45) is 0. The molecule has 0 aliphatic rings. The SMILES string of the molecule is O=C(NCc1cc(-c2ccc(Cl)cc2Cl)c(-c2ccc(Br)cc2)nc1CO)c1ccc(SC(F)(F)F)cc1. The quantitative estimate of drug-likeness (QED) is 0.199. The molecule has 1 heterocycles. The van der Waals surface area contributed by atoms with Gasteiger partial charge in [-0.2, -0.15) is 13.2 Å². The fourth-order valence-corrected chi connectivity index (χ4v) is 5.02. The summed E-state index contributed by atoms with van der Waals surface area (Å²) >= 11 is 15.8. The molecule has 38 heavy (non-hydrogen) atoms. The van der Waals surface area contributed by atoms with Crippen molar-refractivity contribution in [2.75, 3.05) is 0 Å². The van der Waals surface area contributed by atoms with Crippen LogP contribution in [0.1, 0.15) is 21.6 Å². The minimum Gasteiger partial charge on any atom is -0.390 e. The van der Waals surface area contributed by atoms with E-state index in [1.165, 1.54) is 24.3 Å². The van der Waals surface area contributed by atoms with Crippen LogP contribution >= 0.6 is 50.9 Å². The predicted octanol–water partition coefficient (Wildman–Crippen LogP) is 8.52. The molecule has 0 fully saturated rings. The number of pyridine rings is 1. The summed E-state index contributed by atoms with van der Waals surface area (Å²) in [6.45, 7) is -0.369. The number of halogens is 6. The van der Waals surface area contributed by atoms with E-state index in [0.717, 1.165) is 10.0 Å². The first-order valence-corrected chi connectivity index (χ1v) is 13.4. The van der Waals surface area contributed by atoms with Gasteiger partial charge >= 0.3 is 5.51 Å². The Morgan fingerprint density at radius 1 is 0.974 bits per heavy atom. The van der Waals surface area contributed by atoms with E-state index in [1.807, 2.05) is 24.3 Å². The maximum absolute atomic E-state index is 12.7. The van der Waals surface area contributed by atoms with E-state index in [0.29, 0.717) is 38.1 Å². The molecule has 11 heteroatoms. The van der Waals surface area contributed by atoms with Gasteiger partial charge in [0.15, 0.2) is 0 Å². The molecule has 4 aromatic rings. The number of benzene rings is 3. The van der Waals surface area contributed by atoms with Crippen LogP contribution in [0.5, 0.6) is 0 Å². The highest BCUT2D eigenvalue weighted by atomic mass is 79.9. The van der Waals surface area contributed by atoms with Crippen molar-refractivity contribution < 1.29 is 23.1 Å². The zero-order valence-electron chi connectivity index (χ0n) is 19.3. The third-order valence-corrected chi connectivity index (χ3v) is 7.29. The van der Waals surface area contributed by atoms with Gasteiger partial charge in [-0.15, -0.1) is 0 Å². The first-order valence-electron chi connectivity index (χ1n) is 11.0. The Hall–Kier alpha value is -2.56. The lowest BCUT2D eigenvalue weighted by atomic mass is 9.96. The number of nitrogens with zero attached hydrogens (tertiary/aromatic N) is 1. The molecular formula is C27H18BrCl2F3N2O2S. The van der Waals surface area contributed by atoms with Crippen LogP contribution in [-0.4, -0.2) is 21.5 Å². The number of aromatic nitrogens is 1. The van der Waals surface area contributed by atoms with Gasteiger partial charge in [-0.1, -0.05) is 57.3 Å². The number of amides is 1. The summed E-state index contributed by atoms with van der Waals surface area (Å²) < 4.78 is 38.6. The molecule has 0 atom stereocenters. The molecule has 4 rings (SSSR count). The molecule has 3 aromatic carbocycles. The Balaban J connectivity index is 1.67. The number of aliphatic hydroxyl groups excluding tert-OH is 1. The highest BCUT2D eigenvalue weighted by molar-refractivity contribution is 9.10. The number of hydrogen-bond donors (Lipinski definition) is 2. The van der Waals surface area contributed by atoms with E-state index in [-0.39, 0.29) is 35.4 Å². The normalized spacial score (nSPS) is 11.4. The van der Waals surface area contributed by atoms with E-state index in [4.69, 9.17) is 28.2 Å². The summed E-state index contributed by atoms with van der Waals surface area (Å²) in [6, 6.07) is 19.5. The lowest BCUT2D eigenvalue weighted by molar-refractivity contribution is -0.0328. The molecule has 1 aromatic heterocycles. The van der Waals surface area contributed by atoms with Crippen LogP contribution in [0, 0.1) is 0 Å². The van der Waals surface area contributed by atoms with Gasteiger partial charge in [0.25, 0.3) is 5.91 Å². The molecule has 0 radical (unpaired) electrons. The third kappa shape index (κ3) is 7.09. The van der Waals surface area contributed by atoms with E-state index in [1.54, 1.807) is 24.3 Å². The van der Waals surface area contributed by atoms with Gasteiger partial charge in [0.1, 0.15) is 0 Å². The second-order valence-corrected chi connectivity index (χ2v) is 10.9. The van der Waals surface area contributed by atoms with Crippen molar-refractivity contribution in [2.24, 2.45) is 0 Å². The summed E-state index contributed by atoms with van der Waals surface area (Å²) in [5.41, 5.74) is -0.608. The molecule has 196 valence electrons. The predicted molar refractivity (Wildman–Crippen MR) is 148 cm³/mol. The lowest BCUT2D eigenvalue weighted by Gasteiger charge is -2.17. The second-order valence-electron chi connectivity index (χ2n) is 8.03. The second kappa shape index (κ2) is 12.1. The Kier molecular flexibility index (Phi) is 9.05. The van der Waals surface area contributed by atoms with Gasteiger partial charge in [0.05, 0.1) is 18.0 Å². The van der Waals surface area contributed by atoms with Gasteiger partial charge in [-0.05, 0) is 71.9 Å². The smallest absolute Gasteiger partial charge is 0.390 e. The van der Waals surface area contributed by atoms with E-state index < -0.39 is 11.4 Å². The number of rotatable bonds is 7. The summed E-state index contributed by atoms with van der Waals surface area (Å²) in [5.74, 6) is -0.486. The number of carbonyl (C=O) groups is 1. The number of aliphatic hydroxyl groups is 1. The van der Waals surface area contributed by atoms with E-state index in [9.17, 15) is 23.1 Å². The third-order valence-electron chi connectivity index (χ3n) is 5.47. The highest BCUT2D eigenvalue weighted by Gasteiger charge is 2.29. The van der Waals surface area contributed by atoms with E-state index in [2.05, 4.69) is 21.2 Å². The number of alkyl halides is 3. The number of thioether (sulfide) groups is 1. The van der Waals surface area contributed by atoms with Crippen LogP contribution in [0.3, 0.4) is 0 Å². The van der Waals surface area contributed by atoms with Crippen LogP contribution in [0.2, 0.25) is 10.0 Å². The molecule has 1 amide bonds. The monoisotopic (exact) mass is 640 g/mol. The van der Waals surface area contributed by atoms with Crippen molar-refractivity contribution in [2.45, 2.75) is 23.6 Å². The molecule has 0 bridgehead atoms. The van der Waals surface area contributed by atoms with Gasteiger partial charge in [0.2, 0.25) is 0 Å². The van der Waals surface area contributed by atoms with Gasteiger partial charge in [-0.25, -0.2) is 4.98 Å². The van der Waals surface area contributed by atoms with Crippen LogP contribution in [0.25, 0.3) is 22.4 Å². The van der Waals surface area contributed by atoms with Crippen LogP contribution in [0.15, 0.2) is 82.2 Å². The van der Waals surface area contributed by atoms with Crippen LogP contribution in [-0.2, 0) is 13.2 Å². The van der Waals surface area contributed by atoms with Crippen LogP contribution in [0.4, 0.5) is 13.2 Å². The Morgan fingerprint density at radius 3 is 2.26 bits per heavy atom. The number of carbonyl (C=O) groups excluding carboxylic acids is 1. The largest absolute Gasteiger partial charge is 0.446 e. The summed E-state index contributed by atoms with van der Waals surface area (Å²) in [5, 5.41) is 13.7. The Bertz CT molecular complexity index is 1470. The van der Waals surface area contributed by atoms with Crippen molar-refractivity contribution in [3.05, 3.63) is 104 Å². The number of nitrogens with one attached hydrogen (secondary N) is 1. The maximum Gasteiger partial charge on any atom is 0.446 e. The molecule has 0 unspecified atom stereocenters. The Labute approximate surface area is 239 Å². The molecule has 4 nitrogen and oxygen atoms in total. The van der Waals surface area contributed by atoms with Crippen molar-refractivity contribution in [3.63, 3.8) is 0 Å². The average molecular weight is 642 g/mol. The minimum absolute atomic E-state index is 0.0135. The first kappa shape index (κ1) is 28.4. The van der Waals surface area contributed by atoms with E-state index >= 15 is 0 Å². The molecule has 0 spiro atoms.